The van der Waals surface area contributed by atoms with Gasteiger partial charge in [-0.25, -0.2) is 9.37 Å². The molecule has 1 aliphatic heterocycles. The lowest BCUT2D eigenvalue weighted by molar-refractivity contribution is -0.120. The number of hydrogen-bond donors (Lipinski definition) is 0. The minimum atomic E-state index is -0.540. The minimum absolute atomic E-state index is 0.0359. The fourth-order valence-electron chi connectivity index (χ4n) is 6.40. The molecular weight excluding hydrogens is 519 g/mol. The summed E-state index contributed by atoms with van der Waals surface area (Å²) in [5, 5.41) is 4.16. The van der Waals surface area contributed by atoms with Crippen LogP contribution in [-0.2, 0) is 9.53 Å². The quantitative estimate of drug-likeness (QED) is 0.257. The first kappa shape index (κ1) is 26.0. The molecule has 7 nitrogen and oxygen atoms in total. The van der Waals surface area contributed by atoms with Gasteiger partial charge in [0.1, 0.15) is 17.4 Å². The van der Waals surface area contributed by atoms with Crippen molar-refractivity contribution in [2.75, 3.05) is 12.0 Å². The summed E-state index contributed by atoms with van der Waals surface area (Å²) in [6, 6.07) is 10.8. The third-order valence-corrected chi connectivity index (χ3v) is 8.62. The Labute approximate surface area is 231 Å². The van der Waals surface area contributed by atoms with Crippen molar-refractivity contribution in [1.29, 1.82) is 0 Å². The van der Waals surface area contributed by atoms with Crippen LogP contribution in [0.4, 0.5) is 10.1 Å². The number of methoxy groups -OCH3 is 1. The fourth-order valence-corrected chi connectivity index (χ4v) is 6.52. The Bertz CT molecular complexity index is 1520. The van der Waals surface area contributed by atoms with Crippen molar-refractivity contribution in [1.82, 2.24) is 14.7 Å². The Kier molecular flexibility index (Phi) is 6.93. The van der Waals surface area contributed by atoms with E-state index in [2.05, 4.69) is 27.9 Å². The van der Waals surface area contributed by atoms with Gasteiger partial charge in [0.2, 0.25) is 5.91 Å². The second-order valence-electron chi connectivity index (χ2n) is 10.7. The maximum atomic E-state index is 14.5. The topological polar surface area (TPSA) is 73.4 Å². The maximum absolute atomic E-state index is 14.5. The number of halogens is 2. The molecule has 39 heavy (non-hydrogen) atoms. The lowest BCUT2D eigenvalue weighted by Gasteiger charge is -2.37. The molecule has 1 saturated carbocycles. The lowest BCUT2D eigenvalue weighted by atomic mass is 9.91. The molecule has 2 fully saturated rings. The van der Waals surface area contributed by atoms with E-state index in [4.69, 9.17) is 25.8 Å². The molecule has 0 bridgehead atoms. The second-order valence-corrected chi connectivity index (χ2v) is 11.1. The van der Waals surface area contributed by atoms with Crippen LogP contribution < -0.4 is 4.90 Å². The van der Waals surface area contributed by atoms with Crippen LogP contribution in [0.5, 0.6) is 0 Å². The van der Waals surface area contributed by atoms with Crippen LogP contribution in [0, 0.1) is 19.7 Å². The van der Waals surface area contributed by atoms with Gasteiger partial charge in [-0.05, 0) is 88.3 Å². The van der Waals surface area contributed by atoms with Crippen molar-refractivity contribution in [2.24, 2.45) is 0 Å². The average Bonchev–Trinajstić information content (AvgIpc) is 3.48. The number of aryl methyl sites for hydroxylation is 2. The number of ether oxygens (including phenoxy) is 1. The highest BCUT2D eigenvalue weighted by Crippen LogP contribution is 2.42. The monoisotopic (exact) mass is 550 g/mol. The Hall–Kier alpha value is -3.23. The first-order valence-electron chi connectivity index (χ1n) is 13.6. The van der Waals surface area contributed by atoms with E-state index in [1.54, 1.807) is 18.1 Å². The summed E-state index contributed by atoms with van der Waals surface area (Å²) < 4.78 is 27.9. The number of anilines is 1. The molecule has 1 atom stereocenters. The number of carbonyl (C=O) groups excluding carboxylic acids is 1. The lowest BCUT2D eigenvalue weighted by Crippen LogP contribution is -2.40. The Morgan fingerprint density at radius 1 is 1.08 bits per heavy atom. The van der Waals surface area contributed by atoms with Crippen LogP contribution in [0.3, 0.4) is 0 Å². The molecule has 0 unspecified atom stereocenters. The van der Waals surface area contributed by atoms with E-state index in [0.29, 0.717) is 12.1 Å². The van der Waals surface area contributed by atoms with Gasteiger partial charge < -0.3 is 18.7 Å². The Morgan fingerprint density at radius 3 is 2.56 bits per heavy atom. The molecule has 6 rings (SSSR count). The van der Waals surface area contributed by atoms with Crippen LogP contribution in [0.15, 0.2) is 40.9 Å². The molecule has 1 amide bonds. The van der Waals surface area contributed by atoms with E-state index >= 15 is 0 Å². The predicted octanol–water partition coefficient (Wildman–Crippen LogP) is 7.49. The number of carbonyl (C=O) groups is 1. The zero-order chi connectivity index (χ0) is 27.3. The van der Waals surface area contributed by atoms with Crippen molar-refractivity contribution in [3.8, 4) is 11.1 Å². The molecule has 9 heteroatoms. The van der Waals surface area contributed by atoms with Gasteiger partial charge in [-0.3, -0.25) is 4.79 Å². The van der Waals surface area contributed by atoms with Crippen LogP contribution in [0.1, 0.15) is 74.3 Å². The van der Waals surface area contributed by atoms with Gasteiger partial charge >= 0.3 is 0 Å². The molecule has 2 aromatic carbocycles. The largest absolute Gasteiger partial charge is 0.381 e. The Morgan fingerprint density at radius 2 is 1.87 bits per heavy atom. The third-order valence-electron chi connectivity index (χ3n) is 8.31. The fraction of sp³-hybridized carbons (Fsp3) is 0.433. The van der Waals surface area contributed by atoms with Crippen molar-refractivity contribution >= 4 is 34.2 Å². The van der Waals surface area contributed by atoms with Gasteiger partial charge in [-0.1, -0.05) is 22.8 Å². The Balaban J connectivity index is 1.50. The highest BCUT2D eigenvalue weighted by Gasteiger charge is 2.36. The van der Waals surface area contributed by atoms with Gasteiger partial charge in [0, 0.05) is 30.8 Å². The van der Waals surface area contributed by atoms with Crippen LogP contribution in [-0.4, -0.2) is 33.8 Å². The van der Waals surface area contributed by atoms with Crippen molar-refractivity contribution in [3.05, 3.63) is 64.5 Å². The molecular formula is C30H32ClFN4O3. The summed E-state index contributed by atoms with van der Waals surface area (Å²) in [4.78, 5) is 20.3. The molecule has 0 spiro atoms. The standard InChI is InChI=1S/C30H32ClFN4O3/c1-17-29(18(2)39-34-17)19-7-14-26-25(15-19)33-30(36(26)20-8-11-22(38-3)12-9-20)27-5-4-6-28(37)35(27)21-10-13-23(31)24(32)16-21/h7,10,13-16,20,22,27H,4-6,8-9,11-12H2,1-3H3/t20?,22?,27-/m0/s1. The van der Waals surface area contributed by atoms with Crippen LogP contribution in [0.25, 0.3) is 22.2 Å². The van der Waals surface area contributed by atoms with Gasteiger partial charge in [0.15, 0.2) is 0 Å². The SMILES string of the molecule is COC1CCC(n2c([C@@H]3CCCC(=O)N3c3ccc(Cl)c(F)c3)nc3cc(-c4c(C)noc4C)ccc32)CC1. The number of hydrogen-bond acceptors (Lipinski definition) is 5. The van der Waals surface area contributed by atoms with Gasteiger partial charge in [0.05, 0.1) is 33.9 Å². The molecule has 204 valence electrons. The van der Waals surface area contributed by atoms with Crippen molar-refractivity contribution in [3.63, 3.8) is 0 Å². The number of rotatable bonds is 5. The zero-order valence-corrected chi connectivity index (χ0v) is 23.2. The number of piperidine rings is 1. The number of amides is 1. The summed E-state index contributed by atoms with van der Waals surface area (Å²) in [5.74, 6) is 1.02. The average molecular weight is 551 g/mol. The molecule has 0 N–H and O–H groups in total. The first-order chi connectivity index (χ1) is 18.9. The molecule has 1 saturated heterocycles. The van der Waals surface area contributed by atoms with E-state index in [9.17, 15) is 9.18 Å². The smallest absolute Gasteiger partial charge is 0.227 e. The minimum Gasteiger partial charge on any atom is -0.381 e. The second kappa shape index (κ2) is 10.4. The van der Waals surface area contributed by atoms with Crippen molar-refractivity contribution in [2.45, 2.75) is 77.0 Å². The molecule has 3 heterocycles. The van der Waals surface area contributed by atoms with E-state index in [1.807, 2.05) is 13.8 Å². The van der Waals surface area contributed by atoms with Crippen LogP contribution in [0.2, 0.25) is 5.02 Å². The zero-order valence-electron chi connectivity index (χ0n) is 22.4. The number of nitrogens with zero attached hydrogens (tertiary/aromatic N) is 4. The highest BCUT2D eigenvalue weighted by atomic mass is 35.5. The number of aromatic nitrogens is 3. The number of benzene rings is 2. The number of fused-ring (bicyclic) bond motifs is 1. The van der Waals surface area contributed by atoms with E-state index in [1.165, 1.54) is 12.1 Å². The van der Waals surface area contributed by atoms with E-state index in [0.717, 1.165) is 78.0 Å². The van der Waals surface area contributed by atoms with E-state index < -0.39 is 5.82 Å². The predicted molar refractivity (Wildman–Crippen MR) is 148 cm³/mol. The molecule has 2 aliphatic rings. The maximum Gasteiger partial charge on any atom is 0.227 e. The molecule has 4 aromatic rings. The molecule has 0 radical (unpaired) electrons. The summed E-state index contributed by atoms with van der Waals surface area (Å²) >= 11 is 5.98. The van der Waals surface area contributed by atoms with Gasteiger partial charge in [0.25, 0.3) is 0 Å². The number of imidazole rings is 1. The first-order valence-corrected chi connectivity index (χ1v) is 14.0. The van der Waals surface area contributed by atoms with Crippen molar-refractivity contribution < 1.29 is 18.4 Å². The van der Waals surface area contributed by atoms with Gasteiger partial charge in [-0.15, -0.1) is 0 Å². The summed E-state index contributed by atoms with van der Waals surface area (Å²) in [6.07, 6.45) is 6.01. The highest BCUT2D eigenvalue weighted by molar-refractivity contribution is 6.30. The van der Waals surface area contributed by atoms with Crippen LogP contribution >= 0.6 is 11.6 Å². The third kappa shape index (κ3) is 4.63. The van der Waals surface area contributed by atoms with E-state index in [-0.39, 0.29) is 29.1 Å². The van der Waals surface area contributed by atoms with Gasteiger partial charge in [-0.2, -0.15) is 0 Å². The normalized spacial score (nSPS) is 22.1. The summed E-state index contributed by atoms with van der Waals surface area (Å²) in [5.41, 5.74) is 5.19. The molecule has 2 aromatic heterocycles. The summed E-state index contributed by atoms with van der Waals surface area (Å²) in [6.45, 7) is 3.85. The summed E-state index contributed by atoms with van der Waals surface area (Å²) in [7, 11) is 1.77. The molecule has 1 aliphatic carbocycles.